The van der Waals surface area contributed by atoms with Gasteiger partial charge < -0.3 is 15.0 Å². The van der Waals surface area contributed by atoms with E-state index >= 15 is 0 Å². The lowest BCUT2D eigenvalue weighted by Gasteiger charge is -2.26. The molecule has 1 N–H and O–H groups in total. The summed E-state index contributed by atoms with van der Waals surface area (Å²) in [4.78, 5) is 2.33. The number of rotatable bonds is 5. The van der Waals surface area contributed by atoms with Crippen LogP contribution in [0.25, 0.3) is 43.4 Å². The molecule has 0 radical (unpaired) electrons. The number of ether oxygens (including phenoxy) is 1. The molecule has 0 aliphatic carbocycles. The summed E-state index contributed by atoms with van der Waals surface area (Å²) in [6.07, 6.45) is -0.248. The van der Waals surface area contributed by atoms with E-state index in [1.54, 1.807) is 0 Å². The third-order valence-corrected chi connectivity index (χ3v) is 9.06. The molecular formula is C43H30N2O. The molecule has 1 unspecified atom stereocenters. The van der Waals surface area contributed by atoms with E-state index in [0.717, 1.165) is 44.8 Å². The Morgan fingerprint density at radius 3 is 1.85 bits per heavy atom. The van der Waals surface area contributed by atoms with Crippen molar-refractivity contribution < 1.29 is 4.74 Å². The van der Waals surface area contributed by atoms with Crippen LogP contribution in [0.2, 0.25) is 0 Å². The first-order valence-electron chi connectivity index (χ1n) is 15.7. The molecule has 8 aromatic carbocycles. The SMILES string of the molecule is c1ccc(C2Nc3c(c4ccccc4c4ccc(N(c5ccccc5)c5ccc(-c6ccc7ccccc7c6)cc5)cc34)O2)cc1. The van der Waals surface area contributed by atoms with E-state index in [1.165, 1.54) is 32.7 Å². The van der Waals surface area contributed by atoms with Gasteiger partial charge in [0.2, 0.25) is 0 Å². The molecule has 0 saturated carbocycles. The second-order valence-corrected chi connectivity index (χ2v) is 11.8. The van der Waals surface area contributed by atoms with Crippen LogP contribution in [0.4, 0.5) is 22.7 Å². The van der Waals surface area contributed by atoms with Crippen LogP contribution >= 0.6 is 0 Å². The smallest absolute Gasteiger partial charge is 0.196 e. The lowest BCUT2D eigenvalue weighted by molar-refractivity contribution is 0.262. The average Bonchev–Trinajstić information content (AvgIpc) is 3.59. The summed E-state index contributed by atoms with van der Waals surface area (Å²) in [7, 11) is 0. The zero-order valence-corrected chi connectivity index (χ0v) is 25.1. The van der Waals surface area contributed by atoms with Gasteiger partial charge in [-0.15, -0.1) is 0 Å². The Kier molecular flexibility index (Phi) is 6.20. The molecule has 8 aromatic rings. The van der Waals surface area contributed by atoms with E-state index in [4.69, 9.17) is 4.74 Å². The third kappa shape index (κ3) is 4.44. The number of nitrogens with one attached hydrogen (secondary N) is 1. The molecule has 0 amide bonds. The number of hydrogen-bond acceptors (Lipinski definition) is 3. The van der Waals surface area contributed by atoms with Crippen molar-refractivity contribution in [2.75, 3.05) is 10.2 Å². The largest absolute Gasteiger partial charge is 0.464 e. The van der Waals surface area contributed by atoms with E-state index in [-0.39, 0.29) is 6.23 Å². The van der Waals surface area contributed by atoms with Gasteiger partial charge in [0.25, 0.3) is 0 Å². The lowest BCUT2D eigenvalue weighted by atomic mass is 9.98. The number of para-hydroxylation sites is 1. The highest BCUT2D eigenvalue weighted by atomic mass is 16.5. The summed E-state index contributed by atoms with van der Waals surface area (Å²) in [5, 5.41) is 10.9. The first-order chi connectivity index (χ1) is 22.8. The number of benzene rings is 8. The minimum Gasteiger partial charge on any atom is -0.464 e. The molecule has 218 valence electrons. The van der Waals surface area contributed by atoms with Crippen molar-refractivity contribution in [2.24, 2.45) is 0 Å². The second kappa shape index (κ2) is 10.8. The molecule has 1 atom stereocenters. The molecule has 0 bridgehead atoms. The first kappa shape index (κ1) is 26.4. The van der Waals surface area contributed by atoms with Crippen LogP contribution in [-0.4, -0.2) is 0 Å². The summed E-state index contributed by atoms with van der Waals surface area (Å²) in [5.74, 6) is 0.903. The summed E-state index contributed by atoms with van der Waals surface area (Å²) in [6.45, 7) is 0. The van der Waals surface area contributed by atoms with Crippen molar-refractivity contribution in [3.8, 4) is 16.9 Å². The zero-order chi connectivity index (χ0) is 30.5. The lowest BCUT2D eigenvalue weighted by Crippen LogP contribution is -2.10. The molecular weight excluding hydrogens is 560 g/mol. The maximum atomic E-state index is 6.64. The van der Waals surface area contributed by atoms with Crippen molar-refractivity contribution in [2.45, 2.75) is 6.23 Å². The molecule has 3 nitrogen and oxygen atoms in total. The van der Waals surface area contributed by atoms with Gasteiger partial charge in [0.1, 0.15) is 0 Å². The highest BCUT2D eigenvalue weighted by Crippen LogP contribution is 2.50. The fourth-order valence-electron chi connectivity index (χ4n) is 6.81. The highest BCUT2D eigenvalue weighted by molar-refractivity contribution is 6.18. The predicted octanol–water partition coefficient (Wildman–Crippen LogP) is 11.8. The molecule has 0 fully saturated rings. The van der Waals surface area contributed by atoms with Gasteiger partial charge in [-0.25, -0.2) is 0 Å². The van der Waals surface area contributed by atoms with Crippen LogP contribution in [0, 0.1) is 0 Å². The van der Waals surface area contributed by atoms with Crippen LogP contribution < -0.4 is 15.0 Å². The minimum absolute atomic E-state index is 0.248. The molecule has 9 rings (SSSR count). The standard InChI is InChI=1S/C43H30N2O/c1-3-12-31(13-4-1)43-44-41-40-28-36(25-26-38(40)37-17-9-10-18-39(37)42(41)46-43)45(34-15-5-2-6-16-34)35-23-21-30(22-24-35)33-20-19-29-11-7-8-14-32(29)27-33/h1-28,43-44H. The maximum absolute atomic E-state index is 6.64. The Bertz CT molecular complexity index is 2370. The first-order valence-corrected chi connectivity index (χ1v) is 15.7. The van der Waals surface area contributed by atoms with E-state index < -0.39 is 0 Å². The quantitative estimate of drug-likeness (QED) is 0.202. The van der Waals surface area contributed by atoms with Crippen molar-refractivity contribution in [3.63, 3.8) is 0 Å². The van der Waals surface area contributed by atoms with Gasteiger partial charge in [-0.2, -0.15) is 0 Å². The van der Waals surface area contributed by atoms with E-state index in [1.807, 2.05) is 6.07 Å². The number of nitrogens with zero attached hydrogens (tertiary/aromatic N) is 1. The van der Waals surface area contributed by atoms with Crippen molar-refractivity contribution in [1.29, 1.82) is 0 Å². The van der Waals surface area contributed by atoms with Gasteiger partial charge in [-0.3, -0.25) is 0 Å². The van der Waals surface area contributed by atoms with Crippen molar-refractivity contribution >= 4 is 55.1 Å². The number of fused-ring (bicyclic) bond motifs is 7. The van der Waals surface area contributed by atoms with Gasteiger partial charge in [0.05, 0.1) is 5.69 Å². The molecule has 0 aromatic heterocycles. The fraction of sp³-hybridized carbons (Fsp3) is 0.0233. The predicted molar refractivity (Wildman–Crippen MR) is 193 cm³/mol. The van der Waals surface area contributed by atoms with Gasteiger partial charge in [0, 0.05) is 33.4 Å². The Labute approximate surface area is 267 Å². The summed E-state index contributed by atoms with van der Waals surface area (Å²) in [6, 6.07) is 60.4. The third-order valence-electron chi connectivity index (χ3n) is 9.06. The fourth-order valence-corrected chi connectivity index (χ4v) is 6.81. The van der Waals surface area contributed by atoms with Crippen LogP contribution in [0.5, 0.6) is 5.75 Å². The van der Waals surface area contributed by atoms with E-state index in [2.05, 4.69) is 174 Å². The number of hydrogen-bond donors (Lipinski definition) is 1. The molecule has 0 saturated heterocycles. The Hall–Kier alpha value is -6.06. The zero-order valence-electron chi connectivity index (χ0n) is 25.1. The van der Waals surface area contributed by atoms with Crippen LogP contribution in [0.1, 0.15) is 11.8 Å². The number of anilines is 4. The molecule has 3 heteroatoms. The molecule has 46 heavy (non-hydrogen) atoms. The van der Waals surface area contributed by atoms with Crippen LogP contribution in [0.15, 0.2) is 170 Å². The second-order valence-electron chi connectivity index (χ2n) is 11.8. The van der Waals surface area contributed by atoms with Crippen molar-refractivity contribution in [3.05, 3.63) is 175 Å². The topological polar surface area (TPSA) is 24.5 Å². The van der Waals surface area contributed by atoms with E-state index in [0.29, 0.717) is 0 Å². The summed E-state index contributed by atoms with van der Waals surface area (Å²) < 4.78 is 6.64. The van der Waals surface area contributed by atoms with Gasteiger partial charge in [0.15, 0.2) is 12.0 Å². The maximum Gasteiger partial charge on any atom is 0.196 e. The minimum atomic E-state index is -0.248. The monoisotopic (exact) mass is 590 g/mol. The van der Waals surface area contributed by atoms with Gasteiger partial charge in [-0.05, 0) is 75.1 Å². The summed E-state index contributed by atoms with van der Waals surface area (Å²) >= 11 is 0. The highest BCUT2D eigenvalue weighted by Gasteiger charge is 2.28. The molecule has 1 aliphatic rings. The molecule has 1 heterocycles. The average molecular weight is 591 g/mol. The van der Waals surface area contributed by atoms with Crippen molar-refractivity contribution in [1.82, 2.24) is 0 Å². The summed E-state index contributed by atoms with van der Waals surface area (Å²) in [5.41, 5.74) is 7.82. The Morgan fingerprint density at radius 1 is 0.435 bits per heavy atom. The normalized spacial score (nSPS) is 13.8. The molecule has 0 spiro atoms. The van der Waals surface area contributed by atoms with Gasteiger partial charge >= 0.3 is 0 Å². The Morgan fingerprint density at radius 2 is 1.04 bits per heavy atom. The Balaban J connectivity index is 1.17. The van der Waals surface area contributed by atoms with Crippen LogP contribution in [0.3, 0.4) is 0 Å². The van der Waals surface area contributed by atoms with E-state index in [9.17, 15) is 0 Å². The van der Waals surface area contributed by atoms with Crippen LogP contribution in [-0.2, 0) is 0 Å². The van der Waals surface area contributed by atoms with Gasteiger partial charge in [-0.1, -0.05) is 127 Å². The molecule has 1 aliphatic heterocycles.